The third-order valence-corrected chi connectivity index (χ3v) is 15.6. The normalized spacial score (nSPS) is 14.2. The number of ether oxygens (including phenoxy) is 1. The predicted octanol–water partition coefficient (Wildman–Crippen LogP) is 18.8. The molecule has 0 saturated carbocycles. The highest BCUT2D eigenvalue weighted by Crippen LogP contribution is 2.55. The summed E-state index contributed by atoms with van der Waals surface area (Å²) in [5.41, 5.74) is 20.5. The fraction of sp³-hybridized carbons (Fsp3) is 0.147. The van der Waals surface area contributed by atoms with Crippen molar-refractivity contribution in [2.75, 3.05) is 0 Å². The van der Waals surface area contributed by atoms with Crippen molar-refractivity contribution < 1.29 is 4.74 Å². The molecule has 0 spiro atoms. The molecule has 0 aromatic heterocycles. The summed E-state index contributed by atoms with van der Waals surface area (Å²) in [5, 5.41) is 10.00. The van der Waals surface area contributed by atoms with Crippen molar-refractivity contribution in [1.82, 2.24) is 0 Å². The molecule has 2 aliphatic rings. The molecule has 69 heavy (non-hydrogen) atoms. The van der Waals surface area contributed by atoms with E-state index in [4.69, 9.17) is 4.74 Å². The first-order chi connectivity index (χ1) is 33.4. The minimum atomic E-state index is -0.270. The average Bonchev–Trinajstić information content (AvgIpc) is 3.73. The van der Waals surface area contributed by atoms with Crippen molar-refractivity contribution >= 4 is 43.1 Å². The number of fused-ring (bicyclic) bond motifs is 10. The van der Waals surface area contributed by atoms with Crippen molar-refractivity contribution in [3.05, 3.63) is 222 Å². The smallest absolute Gasteiger partial charge is 0.120 e. The minimum absolute atomic E-state index is 0.0426. The summed E-state index contributed by atoms with van der Waals surface area (Å²) in [5.74, 6) is 0.877. The Hall–Kier alpha value is -7.74. The number of hydrogen-bond donors (Lipinski definition) is 0. The Kier molecular flexibility index (Phi) is 8.94. The first kappa shape index (κ1) is 41.4. The average molecular weight is 887 g/mol. The van der Waals surface area contributed by atoms with Gasteiger partial charge in [-0.05, 0) is 183 Å². The van der Waals surface area contributed by atoms with Crippen LogP contribution >= 0.6 is 0 Å². The van der Waals surface area contributed by atoms with Crippen molar-refractivity contribution in [1.29, 1.82) is 0 Å². The van der Waals surface area contributed by atoms with Crippen molar-refractivity contribution in [3.8, 4) is 72.5 Å². The maximum absolute atomic E-state index is 6.26. The van der Waals surface area contributed by atoms with E-state index in [1.54, 1.807) is 0 Å². The molecule has 0 heterocycles. The fourth-order valence-electron chi connectivity index (χ4n) is 12.4. The van der Waals surface area contributed by atoms with Crippen LogP contribution in [0.5, 0.6) is 5.75 Å². The molecule has 1 heteroatoms. The van der Waals surface area contributed by atoms with Crippen LogP contribution in [-0.2, 0) is 10.8 Å². The molecule has 1 nitrogen and oxygen atoms in total. The maximum atomic E-state index is 6.26. The number of benzene rings is 11. The summed E-state index contributed by atoms with van der Waals surface area (Å²) < 4.78 is 6.26. The van der Waals surface area contributed by atoms with Crippen LogP contribution in [-0.4, -0.2) is 5.60 Å². The Morgan fingerprint density at radius 1 is 0.290 bits per heavy atom. The molecule has 0 N–H and O–H groups in total. The van der Waals surface area contributed by atoms with E-state index in [0.29, 0.717) is 0 Å². The second-order valence-corrected chi connectivity index (χ2v) is 21.5. The second-order valence-electron chi connectivity index (χ2n) is 21.5. The molecule has 2 aliphatic carbocycles. The zero-order valence-corrected chi connectivity index (χ0v) is 40.5. The van der Waals surface area contributed by atoms with Crippen molar-refractivity contribution in [2.45, 2.75) is 64.9 Å². The van der Waals surface area contributed by atoms with E-state index in [-0.39, 0.29) is 16.4 Å². The topological polar surface area (TPSA) is 9.23 Å². The predicted molar refractivity (Wildman–Crippen MR) is 294 cm³/mol. The van der Waals surface area contributed by atoms with Gasteiger partial charge < -0.3 is 4.74 Å². The summed E-state index contributed by atoms with van der Waals surface area (Å²) in [7, 11) is 0. The van der Waals surface area contributed by atoms with Crippen molar-refractivity contribution in [3.63, 3.8) is 0 Å². The molecule has 0 unspecified atom stereocenters. The summed E-state index contributed by atoms with van der Waals surface area (Å²) >= 11 is 0. The molecule has 0 fully saturated rings. The zero-order chi connectivity index (χ0) is 47.0. The fourth-order valence-corrected chi connectivity index (χ4v) is 12.4. The lowest BCUT2D eigenvalue weighted by Crippen LogP contribution is -2.22. The third kappa shape index (κ3) is 6.23. The molecule has 11 aromatic rings. The molecular weight excluding hydrogens is 833 g/mol. The lowest BCUT2D eigenvalue weighted by Gasteiger charge is -2.24. The number of hydrogen-bond acceptors (Lipinski definition) is 1. The molecule has 13 rings (SSSR count). The Bertz CT molecular complexity index is 3830. The third-order valence-electron chi connectivity index (χ3n) is 15.6. The molecule has 0 amide bonds. The van der Waals surface area contributed by atoms with Crippen LogP contribution in [0.1, 0.15) is 70.7 Å². The summed E-state index contributed by atoms with van der Waals surface area (Å²) in [6, 6.07) is 75.4. The van der Waals surface area contributed by atoms with Crippen LogP contribution in [0.3, 0.4) is 0 Å². The van der Waals surface area contributed by atoms with E-state index >= 15 is 0 Å². The van der Waals surface area contributed by atoms with Gasteiger partial charge in [-0.25, -0.2) is 0 Å². The van der Waals surface area contributed by atoms with Gasteiger partial charge in [0.05, 0.1) is 0 Å². The van der Waals surface area contributed by atoms with Crippen LogP contribution < -0.4 is 4.74 Å². The maximum Gasteiger partial charge on any atom is 0.120 e. The van der Waals surface area contributed by atoms with Gasteiger partial charge in [0.2, 0.25) is 0 Å². The lowest BCUT2D eigenvalue weighted by atomic mass is 9.79. The monoisotopic (exact) mass is 886 g/mol. The van der Waals surface area contributed by atoms with E-state index in [1.165, 1.54) is 132 Å². The number of rotatable bonds is 5. The van der Waals surface area contributed by atoms with Crippen LogP contribution in [0.4, 0.5) is 0 Å². The van der Waals surface area contributed by atoms with E-state index in [1.807, 2.05) is 0 Å². The molecule has 11 aromatic carbocycles. The molecule has 0 saturated heterocycles. The van der Waals surface area contributed by atoms with Gasteiger partial charge >= 0.3 is 0 Å². The van der Waals surface area contributed by atoms with Gasteiger partial charge in [0, 0.05) is 10.8 Å². The summed E-state index contributed by atoms with van der Waals surface area (Å²) in [4.78, 5) is 0. The van der Waals surface area contributed by atoms with Gasteiger partial charge in [-0.3, -0.25) is 0 Å². The van der Waals surface area contributed by atoms with Crippen LogP contribution in [0.2, 0.25) is 0 Å². The summed E-state index contributed by atoms with van der Waals surface area (Å²) in [6.45, 7) is 15.9. The Balaban J connectivity index is 0.963. The van der Waals surface area contributed by atoms with E-state index in [0.717, 1.165) is 5.75 Å². The van der Waals surface area contributed by atoms with Gasteiger partial charge in [0.25, 0.3) is 0 Å². The molecule has 0 atom stereocenters. The highest BCUT2D eigenvalue weighted by molar-refractivity contribution is 6.30. The van der Waals surface area contributed by atoms with Crippen LogP contribution in [0.15, 0.2) is 200 Å². The van der Waals surface area contributed by atoms with E-state index in [2.05, 4.69) is 249 Å². The first-order valence-corrected chi connectivity index (χ1v) is 24.6. The Labute approximate surface area is 405 Å². The lowest BCUT2D eigenvalue weighted by molar-refractivity contribution is 0.131. The van der Waals surface area contributed by atoms with Gasteiger partial charge in [-0.1, -0.05) is 198 Å². The van der Waals surface area contributed by atoms with E-state index in [9.17, 15) is 0 Å². The van der Waals surface area contributed by atoms with Gasteiger partial charge in [-0.15, -0.1) is 0 Å². The quantitative estimate of drug-likeness (QED) is 0.157. The van der Waals surface area contributed by atoms with Gasteiger partial charge in [0.1, 0.15) is 11.4 Å². The molecule has 0 aliphatic heterocycles. The zero-order valence-electron chi connectivity index (χ0n) is 40.5. The van der Waals surface area contributed by atoms with Crippen LogP contribution in [0, 0.1) is 0 Å². The Morgan fingerprint density at radius 3 is 1.01 bits per heavy atom. The molecule has 0 radical (unpaired) electrons. The first-order valence-electron chi connectivity index (χ1n) is 24.6. The molecule has 332 valence electrons. The largest absolute Gasteiger partial charge is 0.488 e. The standard InChI is InChI=1S/C68H54O/c1-66(2,3)69-45-33-28-41(29-34-45)62-50-19-8-12-23-54(50)64(55-24-13-9-20-51(55)62)65-56-25-14-10-21-52(56)63(53-22-11-15-26-57(53)65)44-32-37-49-48-36-31-43(39-60(48)68(6,7)61(49)40-44)42-30-35-47-46-18-16-17-27-58(46)67(4,5)59(47)38-42/h8-40H,1-7H3. The highest BCUT2D eigenvalue weighted by atomic mass is 16.5. The van der Waals surface area contributed by atoms with Crippen LogP contribution in [0.25, 0.3) is 110 Å². The second kappa shape index (κ2) is 14.9. The van der Waals surface area contributed by atoms with E-state index < -0.39 is 0 Å². The highest BCUT2D eigenvalue weighted by Gasteiger charge is 2.38. The SMILES string of the molecule is CC(C)(C)Oc1ccc(-c2c3ccccc3c(-c3c4ccccc4c(-c4ccc5c(c4)C(C)(C)c4cc(-c6ccc7c(c6)C(C)(C)c6ccccc6-7)ccc4-5)c4ccccc34)c3ccccc23)cc1. The van der Waals surface area contributed by atoms with Crippen molar-refractivity contribution in [2.24, 2.45) is 0 Å². The molecular formula is C68H54O. The van der Waals surface area contributed by atoms with Gasteiger partial charge in [-0.2, -0.15) is 0 Å². The summed E-state index contributed by atoms with van der Waals surface area (Å²) in [6.07, 6.45) is 0. The molecule has 0 bridgehead atoms. The Morgan fingerprint density at radius 2 is 0.594 bits per heavy atom. The minimum Gasteiger partial charge on any atom is -0.488 e. The van der Waals surface area contributed by atoms with Gasteiger partial charge in [0.15, 0.2) is 0 Å².